The predicted molar refractivity (Wildman–Crippen MR) is 107 cm³/mol. The molecule has 24 heavy (non-hydrogen) atoms. The number of rotatable bonds is 9. The minimum Gasteiger partial charge on any atom is -0.236 e. The van der Waals surface area contributed by atoms with Gasteiger partial charge in [0.2, 0.25) is 0 Å². The van der Waals surface area contributed by atoms with Gasteiger partial charge in [0.25, 0.3) is 0 Å². The van der Waals surface area contributed by atoms with Crippen LogP contribution in [0.4, 0.5) is 0 Å². The van der Waals surface area contributed by atoms with Crippen molar-refractivity contribution < 1.29 is 0 Å². The summed E-state index contributed by atoms with van der Waals surface area (Å²) < 4.78 is 2.75. The molecule has 0 aliphatic rings. The van der Waals surface area contributed by atoms with Crippen LogP contribution in [0.1, 0.15) is 62.8 Å². The van der Waals surface area contributed by atoms with Crippen LogP contribution in [-0.2, 0) is 12.8 Å². The molecular formula is C20H26N2S2. The molecule has 0 fully saturated rings. The van der Waals surface area contributed by atoms with E-state index in [-0.39, 0.29) is 0 Å². The van der Waals surface area contributed by atoms with Crippen molar-refractivity contribution in [1.29, 1.82) is 0 Å². The zero-order valence-corrected chi connectivity index (χ0v) is 16.3. The van der Waals surface area contributed by atoms with Crippen LogP contribution in [0.2, 0.25) is 0 Å². The molecule has 0 aromatic carbocycles. The van der Waals surface area contributed by atoms with Crippen molar-refractivity contribution in [2.24, 2.45) is 0 Å². The van der Waals surface area contributed by atoms with Gasteiger partial charge < -0.3 is 0 Å². The summed E-state index contributed by atoms with van der Waals surface area (Å²) in [5, 5.41) is 0. The van der Waals surface area contributed by atoms with Crippen molar-refractivity contribution in [3.05, 3.63) is 35.0 Å². The van der Waals surface area contributed by atoms with Gasteiger partial charge in [-0.15, -0.1) is 22.7 Å². The second kappa shape index (κ2) is 8.72. The summed E-state index contributed by atoms with van der Waals surface area (Å²) in [6.45, 7) is 4.49. The fraction of sp³-hybridized carbons (Fsp3) is 0.500. The van der Waals surface area contributed by atoms with Crippen LogP contribution in [0.3, 0.4) is 0 Å². The first-order valence-electron chi connectivity index (χ1n) is 9.13. The van der Waals surface area contributed by atoms with E-state index in [0.29, 0.717) is 0 Å². The number of thiophene rings is 2. The zero-order valence-electron chi connectivity index (χ0n) is 14.7. The summed E-state index contributed by atoms with van der Waals surface area (Å²) in [6.07, 6.45) is 14.1. The lowest BCUT2D eigenvalue weighted by Crippen LogP contribution is -1.92. The van der Waals surface area contributed by atoms with Crippen molar-refractivity contribution in [3.8, 4) is 10.7 Å². The summed E-state index contributed by atoms with van der Waals surface area (Å²) in [4.78, 5) is 11.9. The molecule has 0 aliphatic carbocycles. The lowest BCUT2D eigenvalue weighted by molar-refractivity contribution is 0.631. The number of unbranched alkanes of at least 4 members (excludes halogenated alkanes) is 4. The number of hydrogen-bond donors (Lipinski definition) is 0. The quantitative estimate of drug-likeness (QED) is 0.389. The summed E-state index contributed by atoms with van der Waals surface area (Å²) in [6, 6.07) is 4.59. The van der Waals surface area contributed by atoms with Gasteiger partial charge in [0, 0.05) is 26.7 Å². The van der Waals surface area contributed by atoms with Crippen molar-refractivity contribution in [2.75, 3.05) is 0 Å². The van der Waals surface area contributed by atoms with Crippen LogP contribution in [-0.4, -0.2) is 9.97 Å². The Labute approximate surface area is 153 Å². The molecule has 3 aromatic heterocycles. The van der Waals surface area contributed by atoms with E-state index in [4.69, 9.17) is 0 Å². The fourth-order valence-corrected chi connectivity index (χ4v) is 5.38. The van der Waals surface area contributed by atoms with E-state index in [0.717, 1.165) is 12.2 Å². The molecule has 128 valence electrons. The van der Waals surface area contributed by atoms with E-state index < -0.39 is 0 Å². The third-order valence-electron chi connectivity index (χ3n) is 4.25. The Kier molecular flexibility index (Phi) is 6.38. The smallest absolute Gasteiger partial charge is 0.169 e. The van der Waals surface area contributed by atoms with E-state index >= 15 is 0 Å². The number of aryl methyl sites for hydroxylation is 2. The average molecular weight is 359 g/mol. The predicted octanol–water partition coefficient (Wildman–Crippen LogP) is 6.89. The highest BCUT2D eigenvalue weighted by Crippen LogP contribution is 2.37. The summed E-state index contributed by atoms with van der Waals surface area (Å²) in [5.74, 6) is 0.871. The van der Waals surface area contributed by atoms with Gasteiger partial charge in [-0.1, -0.05) is 46.0 Å². The third-order valence-corrected chi connectivity index (χ3v) is 6.60. The molecule has 0 spiro atoms. The average Bonchev–Trinajstić information content (AvgIpc) is 3.14. The Bertz CT molecular complexity index is 724. The van der Waals surface area contributed by atoms with Crippen LogP contribution in [0.15, 0.2) is 24.5 Å². The maximum Gasteiger partial charge on any atom is 0.169 e. The van der Waals surface area contributed by atoms with E-state index in [9.17, 15) is 0 Å². The monoisotopic (exact) mass is 358 g/mol. The second-order valence-electron chi connectivity index (χ2n) is 6.38. The van der Waals surface area contributed by atoms with E-state index in [2.05, 4.69) is 35.9 Å². The standard InChI is InChI=1S/C20H26N2S2/c1-3-5-6-7-8-10-15-13-21-20(22-14-15)19-12-18-17(24-19)11-16(23-18)9-4-2/h11-14H,3-10H2,1-2H3. The lowest BCUT2D eigenvalue weighted by Gasteiger charge is -2.02. The maximum absolute atomic E-state index is 4.60. The molecule has 0 radical (unpaired) electrons. The minimum absolute atomic E-state index is 0.871. The molecule has 0 saturated carbocycles. The SMILES string of the molecule is CCCCCCCc1cnc(-c2cc3sc(CCC)cc3s2)nc1. The van der Waals surface area contributed by atoms with Crippen LogP contribution in [0, 0.1) is 0 Å². The largest absolute Gasteiger partial charge is 0.236 e. The van der Waals surface area contributed by atoms with Gasteiger partial charge in [-0.2, -0.15) is 0 Å². The first-order valence-corrected chi connectivity index (χ1v) is 10.8. The molecule has 0 saturated heterocycles. The second-order valence-corrected chi connectivity index (χ2v) is 8.63. The number of fused-ring (bicyclic) bond motifs is 1. The zero-order chi connectivity index (χ0) is 16.8. The fourth-order valence-electron chi connectivity index (χ4n) is 2.91. The lowest BCUT2D eigenvalue weighted by atomic mass is 10.1. The normalized spacial score (nSPS) is 11.4. The molecule has 3 aromatic rings. The molecule has 2 nitrogen and oxygen atoms in total. The van der Waals surface area contributed by atoms with Gasteiger partial charge in [-0.05, 0) is 37.0 Å². The topological polar surface area (TPSA) is 25.8 Å². The van der Waals surface area contributed by atoms with E-state index in [1.165, 1.54) is 69.7 Å². The summed E-state index contributed by atoms with van der Waals surface area (Å²) in [5.41, 5.74) is 1.26. The number of aromatic nitrogens is 2. The van der Waals surface area contributed by atoms with Crippen LogP contribution < -0.4 is 0 Å². The molecule has 3 rings (SSSR count). The van der Waals surface area contributed by atoms with Gasteiger partial charge in [0.15, 0.2) is 5.82 Å². The Morgan fingerprint density at radius 2 is 1.54 bits per heavy atom. The van der Waals surface area contributed by atoms with Crippen LogP contribution >= 0.6 is 22.7 Å². The highest BCUT2D eigenvalue weighted by atomic mass is 32.1. The van der Waals surface area contributed by atoms with Crippen LogP contribution in [0.5, 0.6) is 0 Å². The summed E-state index contributed by atoms with van der Waals surface area (Å²) >= 11 is 3.73. The number of hydrogen-bond acceptors (Lipinski definition) is 4. The maximum atomic E-state index is 4.60. The molecule has 0 atom stereocenters. The molecule has 4 heteroatoms. The van der Waals surface area contributed by atoms with Crippen molar-refractivity contribution in [1.82, 2.24) is 9.97 Å². The Hall–Kier alpha value is -1.26. The van der Waals surface area contributed by atoms with E-state index in [1.54, 1.807) is 0 Å². The van der Waals surface area contributed by atoms with Crippen molar-refractivity contribution in [2.45, 2.75) is 65.2 Å². The molecule has 0 N–H and O–H groups in total. The van der Waals surface area contributed by atoms with Gasteiger partial charge in [0.05, 0.1) is 4.88 Å². The molecule has 0 bridgehead atoms. The molecule has 0 amide bonds. The Balaban J connectivity index is 1.61. The molecular weight excluding hydrogens is 332 g/mol. The Morgan fingerprint density at radius 3 is 2.25 bits per heavy atom. The van der Waals surface area contributed by atoms with Gasteiger partial charge in [0.1, 0.15) is 0 Å². The van der Waals surface area contributed by atoms with Gasteiger partial charge in [-0.25, -0.2) is 9.97 Å². The van der Waals surface area contributed by atoms with Crippen LogP contribution in [0.25, 0.3) is 20.1 Å². The highest BCUT2D eigenvalue weighted by molar-refractivity contribution is 7.29. The molecule has 0 aliphatic heterocycles. The summed E-state index contributed by atoms with van der Waals surface area (Å²) in [7, 11) is 0. The third kappa shape index (κ3) is 4.42. The molecule has 3 heterocycles. The van der Waals surface area contributed by atoms with Gasteiger partial charge >= 0.3 is 0 Å². The van der Waals surface area contributed by atoms with Gasteiger partial charge in [-0.3, -0.25) is 0 Å². The highest BCUT2D eigenvalue weighted by Gasteiger charge is 2.10. The number of nitrogens with zero attached hydrogens (tertiary/aromatic N) is 2. The van der Waals surface area contributed by atoms with Crippen molar-refractivity contribution in [3.63, 3.8) is 0 Å². The molecule has 0 unspecified atom stereocenters. The first kappa shape index (κ1) is 17.6. The first-order chi connectivity index (χ1) is 11.8. The Morgan fingerprint density at radius 1 is 0.792 bits per heavy atom. The van der Waals surface area contributed by atoms with Crippen molar-refractivity contribution >= 4 is 32.1 Å². The minimum atomic E-state index is 0.871. The van der Waals surface area contributed by atoms with E-state index in [1.807, 2.05) is 35.1 Å².